The van der Waals surface area contributed by atoms with E-state index in [2.05, 4.69) is 5.32 Å². The monoisotopic (exact) mass is 270 g/mol. The van der Waals surface area contributed by atoms with Crippen LogP contribution < -0.4 is 5.32 Å². The molecule has 2 rings (SSSR count). The largest absolute Gasteiger partial charge is 0.480 e. The van der Waals surface area contributed by atoms with Crippen molar-refractivity contribution in [3.63, 3.8) is 0 Å². The van der Waals surface area contributed by atoms with Crippen molar-refractivity contribution in [2.75, 3.05) is 13.1 Å². The van der Waals surface area contributed by atoms with E-state index in [-0.39, 0.29) is 30.6 Å². The third-order valence-electron chi connectivity index (χ3n) is 3.93. The minimum absolute atomic E-state index is 0.0744. The number of carboxylic acid groups (broad SMARTS) is 1. The summed E-state index contributed by atoms with van der Waals surface area (Å²) < 4.78 is 6.00. The third-order valence-corrected chi connectivity index (χ3v) is 3.93. The second-order valence-corrected chi connectivity index (χ2v) is 6.52. The number of nitrogens with zero attached hydrogens (tertiary/aromatic N) is 1. The molecule has 2 unspecified atom stereocenters. The summed E-state index contributed by atoms with van der Waals surface area (Å²) in [7, 11) is 0. The van der Waals surface area contributed by atoms with Crippen molar-refractivity contribution in [3.05, 3.63) is 0 Å². The fourth-order valence-electron chi connectivity index (χ4n) is 3.27. The topological polar surface area (TPSA) is 78.9 Å². The Morgan fingerprint density at radius 1 is 1.42 bits per heavy atom. The van der Waals surface area contributed by atoms with Crippen LogP contribution >= 0.6 is 0 Å². The average Bonchev–Trinajstić information content (AvgIpc) is 2.45. The van der Waals surface area contributed by atoms with Gasteiger partial charge in [0.15, 0.2) is 0 Å². The van der Waals surface area contributed by atoms with Gasteiger partial charge in [0.05, 0.1) is 17.7 Å². The van der Waals surface area contributed by atoms with Crippen molar-refractivity contribution in [3.8, 4) is 0 Å². The highest BCUT2D eigenvalue weighted by atomic mass is 16.5. The number of aliphatic carboxylic acids is 1. The van der Waals surface area contributed by atoms with Crippen molar-refractivity contribution in [1.82, 2.24) is 10.2 Å². The first-order chi connectivity index (χ1) is 8.62. The molecule has 2 atom stereocenters. The maximum absolute atomic E-state index is 11.6. The molecule has 2 N–H and O–H groups in total. The van der Waals surface area contributed by atoms with Gasteiger partial charge in [0.1, 0.15) is 6.04 Å². The predicted octanol–water partition coefficient (Wildman–Crippen LogP) is 0.218. The zero-order chi connectivity index (χ0) is 14.4. The zero-order valence-corrected chi connectivity index (χ0v) is 11.9. The summed E-state index contributed by atoms with van der Waals surface area (Å²) in [6.07, 6.45) is 0.719. The number of amides is 1. The standard InChI is InChI=1S/C13H22N2O4/c1-12(2)5-9(13(3,4)19-12)15-7-10(16)14-6-8(15)11(17)18/h8-9H,5-7H2,1-4H3,(H,14,16)(H,17,18). The highest BCUT2D eigenvalue weighted by Gasteiger charge is 2.51. The molecule has 2 aliphatic rings. The Morgan fingerprint density at radius 2 is 2.05 bits per heavy atom. The van der Waals surface area contributed by atoms with E-state index in [4.69, 9.17) is 4.74 Å². The maximum Gasteiger partial charge on any atom is 0.322 e. The number of rotatable bonds is 2. The van der Waals surface area contributed by atoms with Crippen LogP contribution in [0.25, 0.3) is 0 Å². The first-order valence-electron chi connectivity index (χ1n) is 6.58. The van der Waals surface area contributed by atoms with E-state index in [1.807, 2.05) is 27.7 Å². The van der Waals surface area contributed by atoms with Crippen LogP contribution in [-0.4, -0.2) is 58.3 Å². The molecule has 0 aromatic rings. The van der Waals surface area contributed by atoms with Crippen LogP contribution in [0.15, 0.2) is 0 Å². The lowest BCUT2D eigenvalue weighted by molar-refractivity contribution is -0.150. The molecule has 0 aromatic carbocycles. The number of ether oxygens (including phenoxy) is 1. The molecule has 6 nitrogen and oxygen atoms in total. The Morgan fingerprint density at radius 3 is 2.53 bits per heavy atom. The maximum atomic E-state index is 11.6. The van der Waals surface area contributed by atoms with Crippen LogP contribution in [0.3, 0.4) is 0 Å². The molecule has 2 fully saturated rings. The van der Waals surface area contributed by atoms with Crippen molar-refractivity contribution >= 4 is 11.9 Å². The lowest BCUT2D eigenvalue weighted by Crippen LogP contribution is -2.63. The lowest BCUT2D eigenvalue weighted by Gasteiger charge is -2.41. The Kier molecular flexibility index (Phi) is 3.35. The van der Waals surface area contributed by atoms with Gasteiger partial charge in [0.25, 0.3) is 0 Å². The van der Waals surface area contributed by atoms with E-state index >= 15 is 0 Å². The quantitative estimate of drug-likeness (QED) is 0.750. The number of carbonyl (C=O) groups excluding carboxylic acids is 1. The van der Waals surface area contributed by atoms with Gasteiger partial charge in [0, 0.05) is 12.6 Å². The number of hydrogen-bond acceptors (Lipinski definition) is 4. The summed E-state index contributed by atoms with van der Waals surface area (Å²) in [6.45, 7) is 8.17. The van der Waals surface area contributed by atoms with Crippen LogP contribution in [0.2, 0.25) is 0 Å². The van der Waals surface area contributed by atoms with Gasteiger partial charge in [-0.1, -0.05) is 0 Å². The first-order valence-corrected chi connectivity index (χ1v) is 6.58. The number of nitrogens with one attached hydrogen (secondary N) is 1. The van der Waals surface area contributed by atoms with Gasteiger partial charge in [-0.3, -0.25) is 14.5 Å². The third kappa shape index (κ3) is 2.74. The first kappa shape index (κ1) is 14.3. The summed E-state index contributed by atoms with van der Waals surface area (Å²) in [5.74, 6) is -1.03. The fraction of sp³-hybridized carbons (Fsp3) is 0.846. The number of piperazine rings is 1. The minimum Gasteiger partial charge on any atom is -0.480 e. The molecule has 1 amide bonds. The van der Waals surface area contributed by atoms with Gasteiger partial charge in [-0.05, 0) is 34.1 Å². The minimum atomic E-state index is -0.902. The molecule has 6 heteroatoms. The summed E-state index contributed by atoms with van der Waals surface area (Å²) in [4.78, 5) is 24.7. The van der Waals surface area contributed by atoms with Gasteiger partial charge >= 0.3 is 5.97 Å². The Labute approximate surface area is 113 Å². The van der Waals surface area contributed by atoms with Gasteiger partial charge in [0.2, 0.25) is 5.91 Å². The van der Waals surface area contributed by atoms with E-state index in [1.54, 1.807) is 4.90 Å². The molecule has 2 saturated heterocycles. The smallest absolute Gasteiger partial charge is 0.322 e. The molecule has 0 aromatic heterocycles. The normalized spacial score (nSPS) is 34.0. The molecule has 0 spiro atoms. The van der Waals surface area contributed by atoms with Crippen LogP contribution in [0.4, 0.5) is 0 Å². The summed E-state index contributed by atoms with van der Waals surface area (Å²) in [5, 5.41) is 11.9. The molecule has 108 valence electrons. The summed E-state index contributed by atoms with van der Waals surface area (Å²) >= 11 is 0. The molecule has 2 heterocycles. The van der Waals surface area contributed by atoms with Crippen molar-refractivity contribution in [2.24, 2.45) is 0 Å². The molecular formula is C13H22N2O4. The van der Waals surface area contributed by atoms with E-state index in [0.717, 1.165) is 6.42 Å². The van der Waals surface area contributed by atoms with Gasteiger partial charge in [-0.25, -0.2) is 0 Å². The van der Waals surface area contributed by atoms with Crippen LogP contribution in [0.1, 0.15) is 34.1 Å². The highest BCUT2D eigenvalue weighted by molar-refractivity contribution is 5.83. The molecular weight excluding hydrogens is 248 g/mol. The van der Waals surface area contributed by atoms with E-state index in [1.165, 1.54) is 0 Å². The Bertz CT molecular complexity index is 405. The summed E-state index contributed by atoms with van der Waals surface area (Å²) in [5.41, 5.74) is -0.764. The molecule has 19 heavy (non-hydrogen) atoms. The van der Waals surface area contributed by atoms with Crippen molar-refractivity contribution in [1.29, 1.82) is 0 Å². The van der Waals surface area contributed by atoms with E-state index in [0.29, 0.717) is 0 Å². The lowest BCUT2D eigenvalue weighted by atomic mass is 9.91. The second-order valence-electron chi connectivity index (χ2n) is 6.52. The number of carboxylic acids is 1. The molecule has 0 saturated carbocycles. The van der Waals surface area contributed by atoms with Crippen molar-refractivity contribution in [2.45, 2.75) is 57.4 Å². The van der Waals surface area contributed by atoms with Gasteiger partial charge < -0.3 is 15.2 Å². The Hall–Kier alpha value is -1.14. The average molecular weight is 270 g/mol. The predicted molar refractivity (Wildman–Crippen MR) is 68.8 cm³/mol. The Balaban J connectivity index is 2.26. The van der Waals surface area contributed by atoms with Crippen LogP contribution in [0, 0.1) is 0 Å². The zero-order valence-electron chi connectivity index (χ0n) is 11.9. The highest BCUT2D eigenvalue weighted by Crippen LogP contribution is 2.41. The number of carbonyl (C=O) groups is 2. The molecule has 0 aliphatic carbocycles. The van der Waals surface area contributed by atoms with Crippen molar-refractivity contribution < 1.29 is 19.4 Å². The van der Waals surface area contributed by atoms with Gasteiger partial charge in [-0.15, -0.1) is 0 Å². The second kappa shape index (κ2) is 4.45. The van der Waals surface area contributed by atoms with E-state index < -0.39 is 17.6 Å². The molecule has 0 radical (unpaired) electrons. The van der Waals surface area contributed by atoms with E-state index in [9.17, 15) is 14.7 Å². The number of hydrogen-bond donors (Lipinski definition) is 2. The molecule has 0 bridgehead atoms. The van der Waals surface area contributed by atoms with Crippen LogP contribution in [0.5, 0.6) is 0 Å². The summed E-state index contributed by atoms with van der Waals surface area (Å²) in [6, 6.07) is -0.755. The van der Waals surface area contributed by atoms with Crippen LogP contribution in [-0.2, 0) is 14.3 Å². The SMILES string of the molecule is CC1(C)CC(N2CC(=O)NCC2C(=O)O)C(C)(C)O1. The van der Waals surface area contributed by atoms with Gasteiger partial charge in [-0.2, -0.15) is 0 Å². The fourth-order valence-corrected chi connectivity index (χ4v) is 3.27. The molecule has 2 aliphatic heterocycles.